The molecule has 1 atom stereocenters. The highest BCUT2D eigenvalue weighted by Crippen LogP contribution is 2.21. The van der Waals surface area contributed by atoms with E-state index in [2.05, 4.69) is 0 Å². The van der Waals surface area contributed by atoms with Gasteiger partial charge in [-0.25, -0.2) is 13.6 Å². The van der Waals surface area contributed by atoms with Crippen molar-refractivity contribution >= 4 is 21.6 Å². The third-order valence-electron chi connectivity index (χ3n) is 3.06. The molecular weight excluding hydrogens is 254 g/mol. The lowest BCUT2D eigenvalue weighted by Gasteiger charge is -2.17. The maximum Gasteiger partial charge on any atom is 0.224 e. The lowest BCUT2D eigenvalue weighted by molar-refractivity contribution is -0.128. The van der Waals surface area contributed by atoms with Gasteiger partial charge in [0.2, 0.25) is 15.9 Å². The van der Waals surface area contributed by atoms with E-state index in [-0.39, 0.29) is 18.9 Å². The minimum absolute atomic E-state index is 0.0500. The van der Waals surface area contributed by atoms with Crippen LogP contribution in [-0.4, -0.2) is 31.0 Å². The first kappa shape index (κ1) is 12.8. The van der Waals surface area contributed by atoms with Gasteiger partial charge in [0, 0.05) is 25.2 Å². The largest absolute Gasteiger partial charge is 0.398 e. The van der Waals surface area contributed by atoms with Crippen molar-refractivity contribution in [3.63, 3.8) is 0 Å². The van der Waals surface area contributed by atoms with Crippen LogP contribution >= 0.6 is 0 Å². The Kier molecular flexibility index (Phi) is 3.27. The van der Waals surface area contributed by atoms with Crippen LogP contribution in [0.2, 0.25) is 0 Å². The molecule has 1 saturated heterocycles. The highest BCUT2D eigenvalue weighted by Gasteiger charge is 2.36. The minimum Gasteiger partial charge on any atom is -0.398 e. The lowest BCUT2D eigenvalue weighted by atomic mass is 10.2. The van der Waals surface area contributed by atoms with Crippen LogP contribution in [0.5, 0.6) is 0 Å². The Hall–Kier alpha value is -1.60. The monoisotopic (exact) mass is 269 g/mol. The van der Waals surface area contributed by atoms with E-state index in [4.69, 9.17) is 10.9 Å². The SMILES string of the molecule is Nc1ccccc1CN1CC(S(N)(=O)=O)CC1=O. The van der Waals surface area contributed by atoms with Crippen molar-refractivity contribution in [3.8, 4) is 0 Å². The molecule has 1 unspecified atom stereocenters. The molecule has 0 saturated carbocycles. The Morgan fingerprint density at radius 3 is 2.56 bits per heavy atom. The number of nitrogens with zero attached hydrogens (tertiary/aromatic N) is 1. The number of sulfonamides is 1. The fourth-order valence-electron chi connectivity index (χ4n) is 1.99. The van der Waals surface area contributed by atoms with Crippen molar-refractivity contribution in [1.82, 2.24) is 4.90 Å². The van der Waals surface area contributed by atoms with Gasteiger partial charge in [0.25, 0.3) is 0 Å². The van der Waals surface area contributed by atoms with Crippen LogP contribution in [0, 0.1) is 0 Å². The molecule has 2 rings (SSSR count). The smallest absolute Gasteiger partial charge is 0.224 e. The first-order chi connectivity index (χ1) is 8.38. The van der Waals surface area contributed by atoms with Crippen LogP contribution in [0.25, 0.3) is 0 Å². The van der Waals surface area contributed by atoms with E-state index in [9.17, 15) is 13.2 Å². The third kappa shape index (κ3) is 2.62. The molecule has 1 fully saturated rings. The summed E-state index contributed by atoms with van der Waals surface area (Å²) in [5, 5.41) is 4.25. The summed E-state index contributed by atoms with van der Waals surface area (Å²) < 4.78 is 22.4. The molecule has 0 aliphatic carbocycles. The van der Waals surface area contributed by atoms with Gasteiger partial charge in [0.05, 0.1) is 0 Å². The van der Waals surface area contributed by atoms with Crippen LogP contribution in [0.3, 0.4) is 0 Å². The quantitative estimate of drug-likeness (QED) is 0.732. The molecule has 1 heterocycles. The van der Waals surface area contributed by atoms with Gasteiger partial charge in [-0.1, -0.05) is 18.2 Å². The second kappa shape index (κ2) is 4.58. The standard InChI is InChI=1S/C11H15N3O3S/c12-10-4-2-1-3-8(10)6-14-7-9(5-11(14)15)18(13,16)17/h1-4,9H,5-7,12H2,(H2,13,16,17). The van der Waals surface area contributed by atoms with Crippen LogP contribution in [-0.2, 0) is 21.4 Å². The number of para-hydroxylation sites is 1. The number of carbonyl (C=O) groups is 1. The van der Waals surface area contributed by atoms with E-state index in [1.165, 1.54) is 4.90 Å². The number of amides is 1. The van der Waals surface area contributed by atoms with Gasteiger partial charge in [0.1, 0.15) is 5.25 Å². The number of likely N-dealkylation sites (tertiary alicyclic amines) is 1. The van der Waals surface area contributed by atoms with Gasteiger partial charge in [0.15, 0.2) is 0 Å². The number of primary sulfonamides is 1. The molecule has 0 spiro atoms. The minimum atomic E-state index is -3.66. The molecule has 1 aromatic rings. The first-order valence-electron chi connectivity index (χ1n) is 5.50. The normalized spacial score (nSPS) is 20.4. The number of nitrogen functional groups attached to an aromatic ring is 1. The van der Waals surface area contributed by atoms with Gasteiger partial charge in [-0.3, -0.25) is 4.79 Å². The van der Waals surface area contributed by atoms with Crippen LogP contribution < -0.4 is 10.9 Å². The second-order valence-corrected chi connectivity index (χ2v) is 6.23. The molecule has 0 bridgehead atoms. The number of hydrogen-bond acceptors (Lipinski definition) is 4. The second-order valence-electron chi connectivity index (χ2n) is 4.39. The van der Waals surface area contributed by atoms with E-state index in [1.807, 2.05) is 12.1 Å². The summed E-state index contributed by atoms with van der Waals surface area (Å²) in [6.45, 7) is 0.448. The van der Waals surface area contributed by atoms with Crippen molar-refractivity contribution in [3.05, 3.63) is 29.8 Å². The third-order valence-corrected chi connectivity index (χ3v) is 4.30. The zero-order valence-corrected chi connectivity index (χ0v) is 10.6. The number of hydrogen-bond donors (Lipinski definition) is 2. The lowest BCUT2D eigenvalue weighted by Crippen LogP contribution is -2.32. The summed E-state index contributed by atoms with van der Waals surface area (Å²) in [7, 11) is -3.66. The summed E-state index contributed by atoms with van der Waals surface area (Å²) in [5.41, 5.74) is 7.18. The maximum absolute atomic E-state index is 11.7. The summed E-state index contributed by atoms with van der Waals surface area (Å²) in [6, 6.07) is 7.18. The summed E-state index contributed by atoms with van der Waals surface area (Å²) in [4.78, 5) is 13.2. The molecule has 0 aromatic heterocycles. The van der Waals surface area contributed by atoms with Gasteiger partial charge < -0.3 is 10.6 Å². The molecule has 7 heteroatoms. The van der Waals surface area contributed by atoms with Crippen LogP contribution in [0.4, 0.5) is 5.69 Å². The van der Waals surface area contributed by atoms with Gasteiger partial charge >= 0.3 is 0 Å². The topological polar surface area (TPSA) is 106 Å². The highest BCUT2D eigenvalue weighted by molar-refractivity contribution is 7.89. The Bertz CT molecular complexity index is 571. The number of nitrogens with two attached hydrogens (primary N) is 2. The molecule has 4 N–H and O–H groups in total. The molecule has 6 nitrogen and oxygen atoms in total. The van der Waals surface area contributed by atoms with Gasteiger partial charge in [-0.05, 0) is 11.6 Å². The molecule has 1 aliphatic rings. The van der Waals surface area contributed by atoms with E-state index < -0.39 is 15.3 Å². The molecule has 0 radical (unpaired) electrons. The summed E-state index contributed by atoms with van der Waals surface area (Å²) >= 11 is 0. The van der Waals surface area contributed by atoms with Crippen molar-refractivity contribution < 1.29 is 13.2 Å². The van der Waals surface area contributed by atoms with Crippen molar-refractivity contribution in [2.75, 3.05) is 12.3 Å². The van der Waals surface area contributed by atoms with Crippen molar-refractivity contribution in [2.45, 2.75) is 18.2 Å². The Morgan fingerprint density at radius 2 is 2.00 bits per heavy atom. The van der Waals surface area contributed by atoms with Crippen molar-refractivity contribution in [2.24, 2.45) is 5.14 Å². The average Bonchev–Trinajstić information content (AvgIpc) is 2.63. The Labute approximate surface area is 106 Å². The first-order valence-corrected chi connectivity index (χ1v) is 7.11. The highest BCUT2D eigenvalue weighted by atomic mass is 32.2. The Balaban J connectivity index is 2.13. The maximum atomic E-state index is 11.7. The average molecular weight is 269 g/mol. The molecule has 18 heavy (non-hydrogen) atoms. The molecule has 1 aliphatic heterocycles. The fraction of sp³-hybridized carbons (Fsp3) is 0.364. The van der Waals surface area contributed by atoms with Crippen molar-refractivity contribution in [1.29, 1.82) is 0 Å². The predicted molar refractivity (Wildman–Crippen MR) is 67.8 cm³/mol. The van der Waals surface area contributed by atoms with Gasteiger partial charge in [-0.2, -0.15) is 0 Å². The predicted octanol–water partition coefficient (Wildman–Crippen LogP) is -0.342. The summed E-state index contributed by atoms with van der Waals surface area (Å²) in [6.07, 6.45) is -0.0500. The van der Waals surface area contributed by atoms with Crippen LogP contribution in [0.1, 0.15) is 12.0 Å². The van der Waals surface area contributed by atoms with Crippen LogP contribution in [0.15, 0.2) is 24.3 Å². The zero-order chi connectivity index (χ0) is 13.3. The van der Waals surface area contributed by atoms with Gasteiger partial charge in [-0.15, -0.1) is 0 Å². The molecule has 1 amide bonds. The summed E-state index contributed by atoms with van der Waals surface area (Å²) in [5.74, 6) is -0.211. The Morgan fingerprint density at radius 1 is 1.33 bits per heavy atom. The number of benzene rings is 1. The molecule has 1 aromatic carbocycles. The fourth-order valence-corrected chi connectivity index (χ4v) is 2.76. The van der Waals surface area contributed by atoms with E-state index in [1.54, 1.807) is 12.1 Å². The van der Waals surface area contributed by atoms with E-state index in [0.29, 0.717) is 12.2 Å². The zero-order valence-electron chi connectivity index (χ0n) is 9.74. The molecular formula is C11H15N3O3S. The van der Waals surface area contributed by atoms with E-state index >= 15 is 0 Å². The van der Waals surface area contributed by atoms with E-state index in [0.717, 1.165) is 5.56 Å². The number of rotatable bonds is 3. The molecule has 98 valence electrons. The number of carbonyl (C=O) groups excluding carboxylic acids is 1. The number of anilines is 1.